The third-order valence-corrected chi connectivity index (χ3v) is 5.46. The Balaban J connectivity index is 1.92. The number of nitriles is 1. The summed E-state index contributed by atoms with van der Waals surface area (Å²) in [4.78, 5) is 0. The molecular formula is C21H31N. The molecule has 1 nitrogen and oxygen atoms in total. The maximum Gasteiger partial charge on any atom is 0.0689 e. The van der Waals surface area contributed by atoms with Crippen LogP contribution in [0.25, 0.3) is 0 Å². The highest BCUT2D eigenvalue weighted by Gasteiger charge is 2.35. The van der Waals surface area contributed by atoms with Crippen molar-refractivity contribution in [2.24, 2.45) is 5.41 Å². The fraction of sp³-hybridized carbons (Fsp3) is 0.667. The van der Waals surface area contributed by atoms with Gasteiger partial charge in [0.15, 0.2) is 0 Å². The lowest BCUT2D eigenvalue weighted by Gasteiger charge is -2.35. The predicted molar refractivity (Wildman–Crippen MR) is 93.8 cm³/mol. The standard InChI is InChI=1S/C21H31N/c1-3-5-7-18-8-10-19(11-9-18)20-12-15-21(17-22,16-13-20)14-6-4-2/h8-11,20H,3-7,12-16H2,1-2H3/t20-,21-. The number of benzene rings is 1. The van der Waals surface area contributed by atoms with E-state index in [0.29, 0.717) is 5.92 Å². The largest absolute Gasteiger partial charge is 0.198 e. The number of rotatable bonds is 7. The molecule has 22 heavy (non-hydrogen) atoms. The summed E-state index contributed by atoms with van der Waals surface area (Å²) < 4.78 is 0. The van der Waals surface area contributed by atoms with Crippen LogP contribution in [0, 0.1) is 16.7 Å². The van der Waals surface area contributed by atoms with E-state index in [9.17, 15) is 5.26 Å². The number of nitrogens with zero attached hydrogens (tertiary/aromatic N) is 1. The van der Waals surface area contributed by atoms with Crippen molar-refractivity contribution in [3.63, 3.8) is 0 Å². The van der Waals surface area contributed by atoms with E-state index in [1.807, 2.05) is 0 Å². The zero-order valence-corrected chi connectivity index (χ0v) is 14.4. The second kappa shape index (κ2) is 8.37. The zero-order valence-electron chi connectivity index (χ0n) is 14.4. The Kier molecular flexibility index (Phi) is 6.49. The van der Waals surface area contributed by atoms with Gasteiger partial charge in [0.05, 0.1) is 11.5 Å². The summed E-state index contributed by atoms with van der Waals surface area (Å²) in [6, 6.07) is 12.0. The number of unbranched alkanes of at least 4 members (excludes halogenated alkanes) is 2. The monoisotopic (exact) mass is 297 g/mol. The van der Waals surface area contributed by atoms with Crippen LogP contribution in [-0.4, -0.2) is 0 Å². The maximum atomic E-state index is 9.59. The molecule has 0 aromatic heterocycles. The molecule has 0 unspecified atom stereocenters. The first-order valence-corrected chi connectivity index (χ1v) is 9.23. The second-order valence-corrected chi connectivity index (χ2v) is 7.12. The molecule has 1 saturated carbocycles. The first-order valence-electron chi connectivity index (χ1n) is 9.23. The van der Waals surface area contributed by atoms with Crippen LogP contribution in [0.4, 0.5) is 0 Å². The first kappa shape index (κ1) is 17.1. The van der Waals surface area contributed by atoms with Gasteiger partial charge in [0.25, 0.3) is 0 Å². The Morgan fingerprint density at radius 3 is 2.23 bits per heavy atom. The predicted octanol–water partition coefficient (Wildman–Crippen LogP) is 6.39. The van der Waals surface area contributed by atoms with E-state index in [2.05, 4.69) is 44.2 Å². The van der Waals surface area contributed by atoms with Crippen molar-refractivity contribution < 1.29 is 0 Å². The third kappa shape index (κ3) is 4.35. The average molecular weight is 297 g/mol. The van der Waals surface area contributed by atoms with Crippen LogP contribution in [0.1, 0.15) is 88.7 Å². The van der Waals surface area contributed by atoms with Gasteiger partial charge in [-0.3, -0.25) is 0 Å². The fourth-order valence-electron chi connectivity index (χ4n) is 3.77. The quantitative estimate of drug-likeness (QED) is 0.572. The molecule has 0 saturated heterocycles. The van der Waals surface area contributed by atoms with Gasteiger partial charge in [0, 0.05) is 0 Å². The van der Waals surface area contributed by atoms with E-state index in [4.69, 9.17) is 0 Å². The highest BCUT2D eigenvalue weighted by atomic mass is 14.4. The Morgan fingerprint density at radius 1 is 1.05 bits per heavy atom. The number of hydrogen-bond acceptors (Lipinski definition) is 1. The highest BCUT2D eigenvalue weighted by Crippen LogP contribution is 2.45. The molecule has 120 valence electrons. The Bertz CT molecular complexity index is 472. The van der Waals surface area contributed by atoms with Crippen LogP contribution in [0.5, 0.6) is 0 Å². The second-order valence-electron chi connectivity index (χ2n) is 7.12. The van der Waals surface area contributed by atoms with Gasteiger partial charge in [-0.15, -0.1) is 0 Å². The van der Waals surface area contributed by atoms with E-state index in [0.717, 1.165) is 19.3 Å². The third-order valence-electron chi connectivity index (χ3n) is 5.46. The summed E-state index contributed by atoms with van der Waals surface area (Å²) in [6.07, 6.45) is 11.8. The molecule has 0 radical (unpaired) electrons. The van der Waals surface area contributed by atoms with Gasteiger partial charge in [-0.2, -0.15) is 5.26 Å². The van der Waals surface area contributed by atoms with E-state index in [-0.39, 0.29) is 5.41 Å². The van der Waals surface area contributed by atoms with Gasteiger partial charge in [-0.1, -0.05) is 57.4 Å². The van der Waals surface area contributed by atoms with Crippen LogP contribution in [-0.2, 0) is 6.42 Å². The Labute approximate surface area is 136 Å². The summed E-state index contributed by atoms with van der Waals surface area (Å²) >= 11 is 0. The van der Waals surface area contributed by atoms with Gasteiger partial charge < -0.3 is 0 Å². The van der Waals surface area contributed by atoms with Gasteiger partial charge in [-0.05, 0) is 62.0 Å². The topological polar surface area (TPSA) is 23.8 Å². The van der Waals surface area contributed by atoms with Crippen LogP contribution in [0.3, 0.4) is 0 Å². The van der Waals surface area contributed by atoms with E-state index in [1.165, 1.54) is 56.1 Å². The van der Waals surface area contributed by atoms with E-state index < -0.39 is 0 Å². The van der Waals surface area contributed by atoms with Crippen molar-refractivity contribution in [3.8, 4) is 6.07 Å². The molecule has 0 bridgehead atoms. The smallest absolute Gasteiger partial charge is 0.0689 e. The van der Waals surface area contributed by atoms with E-state index >= 15 is 0 Å². The molecule has 2 rings (SSSR count). The van der Waals surface area contributed by atoms with Gasteiger partial charge in [-0.25, -0.2) is 0 Å². The van der Waals surface area contributed by atoms with Crippen molar-refractivity contribution in [2.45, 2.75) is 84.0 Å². The lowest BCUT2D eigenvalue weighted by atomic mass is 9.67. The molecule has 0 N–H and O–H groups in total. The SMILES string of the molecule is CCCCc1ccc([C@H]2CC[C@@](C#N)(CCCC)CC2)cc1. The molecule has 0 heterocycles. The number of hydrogen-bond donors (Lipinski definition) is 0. The molecule has 1 heteroatoms. The van der Waals surface area contributed by atoms with Crippen LogP contribution >= 0.6 is 0 Å². The average Bonchev–Trinajstić information content (AvgIpc) is 2.59. The minimum absolute atomic E-state index is 0.0203. The molecule has 0 spiro atoms. The minimum atomic E-state index is -0.0203. The molecule has 0 atom stereocenters. The van der Waals surface area contributed by atoms with Crippen molar-refractivity contribution >= 4 is 0 Å². The molecule has 0 aliphatic heterocycles. The van der Waals surface area contributed by atoms with Crippen molar-refractivity contribution in [2.75, 3.05) is 0 Å². The van der Waals surface area contributed by atoms with Gasteiger partial charge >= 0.3 is 0 Å². The normalized spacial score (nSPS) is 24.9. The number of aryl methyl sites for hydroxylation is 1. The summed E-state index contributed by atoms with van der Waals surface area (Å²) in [5, 5.41) is 9.59. The van der Waals surface area contributed by atoms with Gasteiger partial charge in [0.2, 0.25) is 0 Å². The van der Waals surface area contributed by atoms with E-state index in [1.54, 1.807) is 0 Å². The molecule has 1 aromatic rings. The summed E-state index contributed by atoms with van der Waals surface area (Å²) in [7, 11) is 0. The molecule has 0 amide bonds. The molecular weight excluding hydrogens is 266 g/mol. The summed E-state index contributed by atoms with van der Waals surface area (Å²) in [6.45, 7) is 4.47. The highest BCUT2D eigenvalue weighted by molar-refractivity contribution is 5.26. The van der Waals surface area contributed by atoms with Crippen molar-refractivity contribution in [3.05, 3.63) is 35.4 Å². The lowest BCUT2D eigenvalue weighted by molar-refractivity contribution is 0.224. The van der Waals surface area contributed by atoms with Crippen LogP contribution in [0.15, 0.2) is 24.3 Å². The molecule has 1 aromatic carbocycles. The van der Waals surface area contributed by atoms with Crippen molar-refractivity contribution in [1.82, 2.24) is 0 Å². The summed E-state index contributed by atoms with van der Waals surface area (Å²) in [5.41, 5.74) is 2.94. The molecule has 1 aliphatic rings. The first-order chi connectivity index (χ1) is 10.7. The fourth-order valence-corrected chi connectivity index (χ4v) is 3.77. The minimum Gasteiger partial charge on any atom is -0.198 e. The molecule has 1 aliphatic carbocycles. The lowest BCUT2D eigenvalue weighted by Crippen LogP contribution is -2.25. The zero-order chi connectivity index (χ0) is 15.8. The summed E-state index contributed by atoms with van der Waals surface area (Å²) in [5.74, 6) is 0.670. The van der Waals surface area contributed by atoms with Gasteiger partial charge in [0.1, 0.15) is 0 Å². The Morgan fingerprint density at radius 2 is 1.68 bits per heavy atom. The maximum absolute atomic E-state index is 9.59. The Hall–Kier alpha value is -1.29. The van der Waals surface area contributed by atoms with Crippen LogP contribution < -0.4 is 0 Å². The van der Waals surface area contributed by atoms with Crippen molar-refractivity contribution in [1.29, 1.82) is 5.26 Å². The van der Waals surface area contributed by atoms with Crippen LogP contribution in [0.2, 0.25) is 0 Å². The molecule has 1 fully saturated rings.